The number of thiophene rings is 1. The SMILES string of the molecule is C[C@H](Sc1nnc(-c2cccs2)n1C1CC1)c1ccccc1Cl. The standard InChI is InChI=1S/C17H16ClN3S2/c1-11(13-5-2-3-6-14(13)18)23-17-20-19-16(15-7-4-10-22-15)21(17)12-8-9-12/h2-7,10-12H,8-9H2,1H3/t11-/m0/s1. The molecule has 6 heteroatoms. The highest BCUT2D eigenvalue weighted by atomic mass is 35.5. The van der Waals surface area contributed by atoms with Crippen molar-refractivity contribution in [3.05, 3.63) is 52.4 Å². The van der Waals surface area contributed by atoms with E-state index in [-0.39, 0.29) is 5.25 Å². The van der Waals surface area contributed by atoms with Crippen LogP contribution >= 0.6 is 34.7 Å². The van der Waals surface area contributed by atoms with Crippen LogP contribution < -0.4 is 0 Å². The van der Waals surface area contributed by atoms with Gasteiger partial charge in [-0.2, -0.15) is 0 Å². The molecule has 23 heavy (non-hydrogen) atoms. The Hall–Kier alpha value is -1.30. The topological polar surface area (TPSA) is 30.7 Å². The minimum Gasteiger partial charge on any atom is -0.298 e. The maximum absolute atomic E-state index is 6.33. The lowest BCUT2D eigenvalue weighted by Crippen LogP contribution is -2.00. The summed E-state index contributed by atoms with van der Waals surface area (Å²) in [7, 11) is 0. The number of benzene rings is 1. The Kier molecular flexibility index (Phi) is 4.18. The van der Waals surface area contributed by atoms with Gasteiger partial charge in [0.25, 0.3) is 0 Å². The molecule has 2 heterocycles. The van der Waals surface area contributed by atoms with Crippen LogP contribution in [0.3, 0.4) is 0 Å². The van der Waals surface area contributed by atoms with Gasteiger partial charge in [-0.25, -0.2) is 0 Å². The lowest BCUT2D eigenvalue weighted by Gasteiger charge is -2.14. The van der Waals surface area contributed by atoms with Crippen LogP contribution in [0.1, 0.15) is 36.6 Å². The van der Waals surface area contributed by atoms with E-state index in [1.54, 1.807) is 23.1 Å². The fraction of sp³-hybridized carbons (Fsp3) is 0.294. The van der Waals surface area contributed by atoms with Gasteiger partial charge in [0.15, 0.2) is 11.0 Å². The molecule has 0 unspecified atom stereocenters. The number of hydrogen-bond donors (Lipinski definition) is 0. The minimum absolute atomic E-state index is 0.238. The molecule has 0 amide bonds. The molecule has 3 aromatic rings. The van der Waals surface area contributed by atoms with Crippen molar-refractivity contribution in [2.24, 2.45) is 0 Å². The van der Waals surface area contributed by atoms with E-state index < -0.39 is 0 Å². The normalized spacial score (nSPS) is 15.7. The summed E-state index contributed by atoms with van der Waals surface area (Å²) >= 11 is 9.78. The summed E-state index contributed by atoms with van der Waals surface area (Å²) in [4.78, 5) is 1.18. The third-order valence-corrected chi connectivity index (χ3v) is 6.25. The first-order valence-electron chi connectivity index (χ1n) is 7.64. The molecule has 0 saturated heterocycles. The van der Waals surface area contributed by atoms with Gasteiger partial charge in [-0.15, -0.1) is 21.5 Å². The minimum atomic E-state index is 0.238. The van der Waals surface area contributed by atoms with Crippen LogP contribution in [0.5, 0.6) is 0 Å². The Balaban J connectivity index is 1.66. The Morgan fingerprint density at radius 2 is 2.04 bits per heavy atom. The monoisotopic (exact) mass is 361 g/mol. The zero-order valence-electron chi connectivity index (χ0n) is 12.6. The summed E-state index contributed by atoms with van der Waals surface area (Å²) in [5.74, 6) is 0.997. The van der Waals surface area contributed by atoms with Crippen molar-refractivity contribution >= 4 is 34.7 Å². The molecule has 2 aromatic heterocycles. The van der Waals surface area contributed by atoms with Crippen molar-refractivity contribution < 1.29 is 0 Å². The molecular weight excluding hydrogens is 346 g/mol. The lowest BCUT2D eigenvalue weighted by atomic mass is 10.2. The second-order valence-electron chi connectivity index (χ2n) is 5.67. The van der Waals surface area contributed by atoms with Gasteiger partial charge in [-0.3, -0.25) is 4.57 Å². The van der Waals surface area contributed by atoms with Gasteiger partial charge in [0.05, 0.1) is 4.88 Å². The van der Waals surface area contributed by atoms with Gasteiger partial charge in [0, 0.05) is 16.3 Å². The Morgan fingerprint density at radius 1 is 1.22 bits per heavy atom. The third kappa shape index (κ3) is 3.05. The molecule has 1 saturated carbocycles. The molecule has 1 aliphatic rings. The number of rotatable bonds is 5. The quantitative estimate of drug-likeness (QED) is 0.534. The molecular formula is C17H16ClN3S2. The van der Waals surface area contributed by atoms with Gasteiger partial charge in [-0.05, 0) is 42.8 Å². The van der Waals surface area contributed by atoms with Crippen LogP contribution in [0, 0.1) is 0 Å². The number of nitrogens with zero attached hydrogens (tertiary/aromatic N) is 3. The summed E-state index contributed by atoms with van der Waals surface area (Å²) in [5.41, 5.74) is 1.14. The van der Waals surface area contributed by atoms with Crippen LogP contribution in [-0.2, 0) is 0 Å². The predicted molar refractivity (Wildman–Crippen MR) is 97.3 cm³/mol. The zero-order valence-corrected chi connectivity index (χ0v) is 15.0. The zero-order chi connectivity index (χ0) is 15.8. The van der Waals surface area contributed by atoms with E-state index >= 15 is 0 Å². The van der Waals surface area contributed by atoms with Gasteiger partial charge in [0.1, 0.15) is 0 Å². The van der Waals surface area contributed by atoms with Crippen LogP contribution in [0.15, 0.2) is 46.9 Å². The van der Waals surface area contributed by atoms with Crippen LogP contribution in [0.2, 0.25) is 5.02 Å². The molecule has 0 radical (unpaired) electrons. The van der Waals surface area contributed by atoms with E-state index in [0.29, 0.717) is 6.04 Å². The van der Waals surface area contributed by atoms with Crippen molar-refractivity contribution in [2.75, 3.05) is 0 Å². The third-order valence-electron chi connectivity index (χ3n) is 3.94. The lowest BCUT2D eigenvalue weighted by molar-refractivity contribution is 0.668. The maximum atomic E-state index is 6.33. The Labute approximate surface area is 148 Å². The number of thioether (sulfide) groups is 1. The smallest absolute Gasteiger partial charge is 0.192 e. The van der Waals surface area contributed by atoms with Crippen molar-refractivity contribution in [1.82, 2.24) is 14.8 Å². The van der Waals surface area contributed by atoms with Crippen LogP contribution in [-0.4, -0.2) is 14.8 Å². The average Bonchev–Trinajstić information content (AvgIpc) is 3.08. The highest BCUT2D eigenvalue weighted by Crippen LogP contribution is 2.45. The molecule has 3 nitrogen and oxygen atoms in total. The van der Waals surface area contributed by atoms with Gasteiger partial charge < -0.3 is 0 Å². The van der Waals surface area contributed by atoms with Crippen LogP contribution in [0.25, 0.3) is 10.7 Å². The molecule has 118 valence electrons. The molecule has 1 fully saturated rings. The van der Waals surface area contributed by atoms with Crippen molar-refractivity contribution in [2.45, 2.75) is 36.2 Å². The summed E-state index contributed by atoms with van der Waals surface area (Å²) in [6, 6.07) is 12.7. The predicted octanol–water partition coefficient (Wildman–Crippen LogP) is 5.85. The molecule has 0 spiro atoms. The molecule has 1 aromatic carbocycles. The van der Waals surface area contributed by atoms with E-state index in [2.05, 4.69) is 45.3 Å². The van der Waals surface area contributed by atoms with E-state index in [1.807, 2.05) is 18.2 Å². The average molecular weight is 362 g/mol. The second kappa shape index (κ2) is 6.30. The van der Waals surface area contributed by atoms with Gasteiger partial charge >= 0.3 is 0 Å². The number of halogens is 1. The molecule has 0 bridgehead atoms. The summed E-state index contributed by atoms with van der Waals surface area (Å²) in [6.45, 7) is 2.17. The fourth-order valence-electron chi connectivity index (χ4n) is 2.62. The molecule has 0 aliphatic heterocycles. The van der Waals surface area contributed by atoms with Gasteiger partial charge in [-0.1, -0.05) is 47.6 Å². The number of aromatic nitrogens is 3. The molecule has 1 atom stereocenters. The fourth-order valence-corrected chi connectivity index (χ4v) is 4.77. The van der Waals surface area contributed by atoms with E-state index in [4.69, 9.17) is 11.6 Å². The summed E-state index contributed by atoms with van der Waals surface area (Å²) in [5, 5.41) is 13.0. The van der Waals surface area contributed by atoms with Gasteiger partial charge in [0.2, 0.25) is 0 Å². The van der Waals surface area contributed by atoms with E-state index in [0.717, 1.165) is 21.6 Å². The Morgan fingerprint density at radius 3 is 2.74 bits per heavy atom. The molecule has 0 N–H and O–H groups in total. The van der Waals surface area contributed by atoms with Crippen molar-refractivity contribution in [3.8, 4) is 10.7 Å². The van der Waals surface area contributed by atoms with Crippen molar-refractivity contribution in [3.63, 3.8) is 0 Å². The maximum Gasteiger partial charge on any atom is 0.192 e. The first kappa shape index (κ1) is 15.2. The molecule has 4 rings (SSSR count). The first-order chi connectivity index (χ1) is 11.2. The number of hydrogen-bond acceptors (Lipinski definition) is 4. The summed E-state index contributed by atoms with van der Waals surface area (Å²) < 4.78 is 2.31. The largest absolute Gasteiger partial charge is 0.298 e. The highest BCUT2D eigenvalue weighted by Gasteiger charge is 2.31. The second-order valence-corrected chi connectivity index (χ2v) is 8.33. The van der Waals surface area contributed by atoms with E-state index in [9.17, 15) is 0 Å². The molecule has 1 aliphatic carbocycles. The van der Waals surface area contributed by atoms with Crippen molar-refractivity contribution in [1.29, 1.82) is 0 Å². The van der Waals surface area contributed by atoms with E-state index in [1.165, 1.54) is 17.7 Å². The first-order valence-corrected chi connectivity index (χ1v) is 9.77. The Bertz CT molecular complexity index is 809. The van der Waals surface area contributed by atoms with Crippen LogP contribution in [0.4, 0.5) is 0 Å². The highest BCUT2D eigenvalue weighted by molar-refractivity contribution is 7.99. The summed E-state index contributed by atoms with van der Waals surface area (Å²) in [6.07, 6.45) is 2.43.